The van der Waals surface area contributed by atoms with Crippen molar-refractivity contribution in [3.63, 3.8) is 0 Å². The Bertz CT molecular complexity index is 1220. The number of nitrogens with one attached hydrogen (secondary N) is 1. The third kappa shape index (κ3) is 8.91. The van der Waals surface area contributed by atoms with E-state index in [0.29, 0.717) is 53.3 Å². The second kappa shape index (κ2) is 16.0. The largest absolute Gasteiger partial charge is 0.444 e. The molecule has 2 aliphatic rings. The van der Waals surface area contributed by atoms with E-state index in [0.717, 1.165) is 6.42 Å². The molecule has 2 aromatic rings. The summed E-state index contributed by atoms with van der Waals surface area (Å²) in [5.41, 5.74) is 4.03. The van der Waals surface area contributed by atoms with Crippen LogP contribution in [0, 0.1) is 0 Å². The molecule has 0 bridgehead atoms. The number of amides is 1. The first-order valence-corrected chi connectivity index (χ1v) is 13.7. The Morgan fingerprint density at radius 3 is 1.83 bits per heavy atom. The van der Waals surface area contributed by atoms with Gasteiger partial charge in [0.1, 0.15) is 28.9 Å². The Balaban J connectivity index is 0.000000786. The monoisotopic (exact) mass is 646 g/mol. The second-order valence-electron chi connectivity index (χ2n) is 11.0. The average molecular weight is 648 g/mol. The fourth-order valence-electron chi connectivity index (χ4n) is 5.06. The van der Waals surface area contributed by atoms with Crippen molar-refractivity contribution >= 4 is 53.3 Å². The van der Waals surface area contributed by atoms with E-state index >= 15 is 0 Å². The minimum Gasteiger partial charge on any atom is -0.444 e. The zero-order valence-electron chi connectivity index (χ0n) is 22.8. The van der Waals surface area contributed by atoms with Crippen LogP contribution in [-0.2, 0) is 25.4 Å². The fraction of sp³-hybridized carbons (Fsp3) is 0.516. The zero-order valence-corrected chi connectivity index (χ0v) is 25.1. The lowest BCUT2D eigenvalue weighted by atomic mass is 9.74. The summed E-state index contributed by atoms with van der Waals surface area (Å²) >= 11 is 12.3. The maximum atomic E-state index is 12.7. The van der Waals surface area contributed by atoms with Crippen LogP contribution in [0.3, 0.4) is 0 Å². The van der Waals surface area contributed by atoms with Crippen LogP contribution in [0.5, 0.6) is 0 Å². The standard InChI is InChI=1S/C17H22ClNO4.C12H14ClNO2.2CH4.ClH/c1-16(2,3)23-15(22)19-17(10-6-9-13(20)14(17)21)11-7-4-5-8-12(11)18;13-9-5-2-1-4-8(9)12(14)7-3-6-10(15)11(12)16;;;/h4-5,7-8,13,20H,6,9-10H2,1-3H3,(H,19,22);1-2,4-5,10,15H,3,6-7,14H2;2*1H4;1H/t13-,17-;10-,12-;;;/m11.../s1. The number of hydrogen-bond donors (Lipinski definition) is 4. The third-order valence-corrected chi connectivity index (χ3v) is 7.61. The van der Waals surface area contributed by atoms with Crippen LogP contribution in [0.15, 0.2) is 48.5 Å². The van der Waals surface area contributed by atoms with Crippen molar-refractivity contribution in [1.82, 2.24) is 5.32 Å². The smallest absolute Gasteiger partial charge is 0.408 e. The second-order valence-corrected chi connectivity index (χ2v) is 11.8. The number of ether oxygens (including phenoxy) is 1. The number of ketones is 2. The van der Waals surface area contributed by atoms with E-state index in [1.807, 2.05) is 0 Å². The molecule has 0 radical (unpaired) electrons. The molecule has 1 amide bonds. The highest BCUT2D eigenvalue weighted by Crippen LogP contribution is 2.39. The Morgan fingerprint density at radius 1 is 0.881 bits per heavy atom. The van der Waals surface area contributed by atoms with Gasteiger partial charge >= 0.3 is 6.09 Å². The van der Waals surface area contributed by atoms with Gasteiger partial charge in [-0.2, -0.15) is 0 Å². The number of carbonyl (C=O) groups is 3. The van der Waals surface area contributed by atoms with E-state index in [9.17, 15) is 24.6 Å². The predicted octanol–water partition coefficient (Wildman–Crippen LogP) is 6.48. The molecule has 2 saturated carbocycles. The van der Waals surface area contributed by atoms with Crippen molar-refractivity contribution in [2.45, 2.75) is 103 Å². The van der Waals surface area contributed by atoms with E-state index in [-0.39, 0.29) is 33.0 Å². The van der Waals surface area contributed by atoms with Crippen LogP contribution in [0.25, 0.3) is 0 Å². The number of carbonyl (C=O) groups excluding carboxylic acids is 3. The minimum absolute atomic E-state index is 0. The average Bonchev–Trinajstić information content (AvgIpc) is 2.85. The lowest BCUT2D eigenvalue weighted by Crippen LogP contribution is -2.58. The van der Waals surface area contributed by atoms with Gasteiger partial charge in [-0.1, -0.05) is 74.5 Å². The lowest BCUT2D eigenvalue weighted by Gasteiger charge is -2.39. The Hall–Kier alpha value is -2.20. The highest BCUT2D eigenvalue weighted by atomic mass is 35.5. The van der Waals surface area contributed by atoms with Gasteiger partial charge in [0.2, 0.25) is 0 Å². The molecule has 42 heavy (non-hydrogen) atoms. The fourth-order valence-corrected chi connectivity index (χ4v) is 5.66. The maximum Gasteiger partial charge on any atom is 0.408 e. The molecule has 4 atom stereocenters. The molecule has 2 aromatic carbocycles. The Kier molecular flexibility index (Phi) is 15.2. The summed E-state index contributed by atoms with van der Waals surface area (Å²) in [6.45, 7) is 5.23. The molecule has 4 rings (SSSR count). The van der Waals surface area contributed by atoms with E-state index < -0.39 is 40.8 Å². The molecule has 5 N–H and O–H groups in total. The normalized spacial score (nSPS) is 25.3. The van der Waals surface area contributed by atoms with Gasteiger partial charge in [-0.3, -0.25) is 9.59 Å². The molecule has 8 nitrogen and oxygen atoms in total. The number of Topliss-reactive ketones (excluding diaryl/α,β-unsaturated/α-hetero) is 2. The highest BCUT2D eigenvalue weighted by molar-refractivity contribution is 6.32. The van der Waals surface area contributed by atoms with Crippen LogP contribution < -0.4 is 11.1 Å². The number of benzene rings is 2. The highest BCUT2D eigenvalue weighted by Gasteiger charge is 2.48. The summed E-state index contributed by atoms with van der Waals surface area (Å²) in [6.07, 6.45) is 0.287. The zero-order chi connectivity index (χ0) is 29.0. The summed E-state index contributed by atoms with van der Waals surface area (Å²) in [5.74, 6) is -0.783. The predicted molar refractivity (Wildman–Crippen MR) is 170 cm³/mol. The topological polar surface area (TPSA) is 139 Å². The summed E-state index contributed by atoms with van der Waals surface area (Å²) in [7, 11) is 0. The van der Waals surface area contributed by atoms with Crippen molar-refractivity contribution in [3.8, 4) is 0 Å². The van der Waals surface area contributed by atoms with Crippen LogP contribution in [0.1, 0.15) is 85.3 Å². The Morgan fingerprint density at radius 2 is 1.33 bits per heavy atom. The molecule has 11 heteroatoms. The van der Waals surface area contributed by atoms with Gasteiger partial charge < -0.3 is 26.0 Å². The summed E-state index contributed by atoms with van der Waals surface area (Å²) < 4.78 is 5.28. The van der Waals surface area contributed by atoms with E-state index in [1.165, 1.54) is 0 Å². The van der Waals surface area contributed by atoms with Gasteiger partial charge in [0.15, 0.2) is 11.6 Å². The molecule has 0 spiro atoms. The SMILES string of the molecule is C.C.CC(C)(C)OC(=O)N[C@@]1(c2ccccc2Cl)CCC[C@@H](O)C1=O.Cl.N[C@@]1(c2ccccc2Cl)CCC[C@@H](O)C1=O. The van der Waals surface area contributed by atoms with Crippen LogP contribution in [-0.4, -0.2) is 45.7 Å². The first-order chi connectivity index (χ1) is 18.2. The number of hydrogen-bond acceptors (Lipinski definition) is 7. The van der Waals surface area contributed by atoms with Gasteiger partial charge in [-0.05, 0) is 77.0 Å². The van der Waals surface area contributed by atoms with Crippen molar-refractivity contribution in [2.24, 2.45) is 5.73 Å². The van der Waals surface area contributed by atoms with Gasteiger partial charge in [0, 0.05) is 15.6 Å². The summed E-state index contributed by atoms with van der Waals surface area (Å²) in [4.78, 5) is 36.9. The van der Waals surface area contributed by atoms with Crippen LogP contribution in [0.2, 0.25) is 10.0 Å². The Labute approximate surface area is 265 Å². The quantitative estimate of drug-likeness (QED) is 0.299. The molecule has 0 aliphatic heterocycles. The molecule has 0 saturated heterocycles. The number of aliphatic hydroxyl groups excluding tert-OH is 2. The first-order valence-electron chi connectivity index (χ1n) is 13.0. The number of aliphatic hydroxyl groups is 2. The first kappa shape index (κ1) is 39.8. The van der Waals surface area contributed by atoms with Crippen molar-refractivity contribution in [2.75, 3.05) is 0 Å². The number of rotatable bonds is 3. The van der Waals surface area contributed by atoms with Crippen LogP contribution in [0.4, 0.5) is 4.79 Å². The van der Waals surface area contributed by atoms with Crippen molar-refractivity contribution in [1.29, 1.82) is 0 Å². The molecule has 236 valence electrons. The van der Waals surface area contributed by atoms with Gasteiger partial charge in [0.05, 0.1) is 0 Å². The van der Waals surface area contributed by atoms with Gasteiger partial charge in [0.25, 0.3) is 0 Å². The molecule has 0 heterocycles. The lowest BCUT2D eigenvalue weighted by molar-refractivity contribution is -0.138. The van der Waals surface area contributed by atoms with Gasteiger partial charge in [-0.25, -0.2) is 4.79 Å². The van der Waals surface area contributed by atoms with Crippen molar-refractivity contribution < 1.29 is 29.3 Å². The van der Waals surface area contributed by atoms with Crippen LogP contribution >= 0.6 is 35.6 Å². The summed E-state index contributed by atoms with van der Waals surface area (Å²) in [5, 5.41) is 23.1. The van der Waals surface area contributed by atoms with E-state index in [4.69, 9.17) is 33.7 Å². The molecule has 2 fully saturated rings. The van der Waals surface area contributed by atoms with E-state index in [2.05, 4.69) is 5.32 Å². The summed E-state index contributed by atoms with van der Waals surface area (Å²) in [6, 6.07) is 13.9. The molecule has 0 aromatic heterocycles. The van der Waals surface area contributed by atoms with Gasteiger partial charge in [-0.15, -0.1) is 12.4 Å². The number of alkyl carbamates (subject to hydrolysis) is 1. The molecule has 0 unspecified atom stereocenters. The maximum absolute atomic E-state index is 12.7. The minimum atomic E-state index is -1.36. The number of nitrogens with two attached hydrogens (primary N) is 1. The van der Waals surface area contributed by atoms with Crippen molar-refractivity contribution in [3.05, 3.63) is 69.7 Å². The molecular weight excluding hydrogens is 603 g/mol. The molecule has 2 aliphatic carbocycles. The third-order valence-electron chi connectivity index (χ3n) is 6.95. The number of halogens is 3. The van der Waals surface area contributed by atoms with E-state index in [1.54, 1.807) is 69.3 Å². The molecular formula is C31H45Cl3N2O6.